The van der Waals surface area contributed by atoms with Crippen LogP contribution in [0.2, 0.25) is 5.02 Å². The van der Waals surface area contributed by atoms with Gasteiger partial charge in [-0.2, -0.15) is 5.10 Å². The highest BCUT2D eigenvalue weighted by atomic mass is 35.5. The van der Waals surface area contributed by atoms with Crippen molar-refractivity contribution >= 4 is 28.4 Å². The summed E-state index contributed by atoms with van der Waals surface area (Å²) in [7, 11) is 0. The van der Waals surface area contributed by atoms with Crippen molar-refractivity contribution in [3.8, 4) is 16.9 Å². The number of fused-ring (bicyclic) bond motifs is 2. The number of H-pyrrole nitrogens is 1. The van der Waals surface area contributed by atoms with E-state index in [-0.39, 0.29) is 6.54 Å². The van der Waals surface area contributed by atoms with Gasteiger partial charge in [-0.05, 0) is 47.0 Å². The van der Waals surface area contributed by atoms with Crippen molar-refractivity contribution in [1.29, 1.82) is 0 Å². The molecule has 162 valence electrons. The molecule has 2 heterocycles. The highest BCUT2D eigenvalue weighted by molar-refractivity contribution is 6.30. The van der Waals surface area contributed by atoms with Crippen molar-refractivity contribution in [3.63, 3.8) is 0 Å². The molecule has 0 fully saturated rings. The monoisotopic (exact) mass is 451 g/mol. The van der Waals surface area contributed by atoms with E-state index >= 15 is 0 Å². The van der Waals surface area contributed by atoms with Gasteiger partial charge in [0.05, 0.1) is 30.0 Å². The summed E-state index contributed by atoms with van der Waals surface area (Å²) in [5.41, 5.74) is 3.36. The van der Waals surface area contributed by atoms with E-state index in [1.807, 2.05) is 6.07 Å². The van der Waals surface area contributed by atoms with Gasteiger partial charge in [-0.15, -0.1) is 0 Å². The molecule has 0 saturated carbocycles. The molecule has 3 aromatic carbocycles. The first-order valence-corrected chi connectivity index (χ1v) is 10.5. The molecule has 1 aliphatic rings. The first kappa shape index (κ1) is 20.5. The quantitative estimate of drug-likeness (QED) is 0.419. The summed E-state index contributed by atoms with van der Waals surface area (Å²) in [6.45, 7) is 0.463. The van der Waals surface area contributed by atoms with Gasteiger partial charge in [-0.1, -0.05) is 23.7 Å². The van der Waals surface area contributed by atoms with Crippen LogP contribution < -0.4 is 10.1 Å². The van der Waals surface area contributed by atoms with Crippen molar-refractivity contribution in [1.82, 2.24) is 15.5 Å². The fraction of sp³-hybridized carbons (Fsp3) is 0.167. The molecular formula is C24H19ClFN3O3. The number of benzene rings is 3. The third-order valence-electron chi connectivity index (χ3n) is 5.58. The fourth-order valence-electron chi connectivity index (χ4n) is 3.91. The minimum Gasteiger partial charge on any atom is -0.492 e. The van der Waals surface area contributed by atoms with E-state index in [2.05, 4.69) is 15.5 Å². The van der Waals surface area contributed by atoms with Gasteiger partial charge in [0.25, 0.3) is 5.91 Å². The first-order valence-electron chi connectivity index (χ1n) is 10.1. The van der Waals surface area contributed by atoms with E-state index in [4.69, 9.17) is 16.3 Å². The molecule has 4 aromatic rings. The number of carbonyl (C=O) groups is 1. The molecule has 5 rings (SSSR count). The van der Waals surface area contributed by atoms with Crippen molar-refractivity contribution in [2.75, 3.05) is 13.2 Å². The van der Waals surface area contributed by atoms with Crippen LogP contribution >= 0.6 is 11.6 Å². The van der Waals surface area contributed by atoms with Crippen LogP contribution in [0.5, 0.6) is 5.75 Å². The Morgan fingerprint density at radius 2 is 2.06 bits per heavy atom. The number of carbonyl (C=O) groups excluding carboxylic acids is 1. The Balaban J connectivity index is 1.44. The minimum atomic E-state index is -0.894. The van der Waals surface area contributed by atoms with Gasteiger partial charge in [-0.3, -0.25) is 9.89 Å². The van der Waals surface area contributed by atoms with Crippen molar-refractivity contribution in [2.24, 2.45) is 0 Å². The summed E-state index contributed by atoms with van der Waals surface area (Å²) in [5, 5.41) is 21.2. The molecule has 0 aliphatic carbocycles. The number of rotatable bonds is 5. The topological polar surface area (TPSA) is 87.2 Å². The lowest BCUT2D eigenvalue weighted by molar-refractivity contribution is 0.0913. The van der Waals surface area contributed by atoms with Gasteiger partial charge in [0.1, 0.15) is 11.6 Å². The number of nitrogens with one attached hydrogen (secondary N) is 2. The van der Waals surface area contributed by atoms with Crippen molar-refractivity contribution in [2.45, 2.75) is 12.5 Å². The molecule has 3 N–H and O–H groups in total. The number of amides is 1. The second-order valence-corrected chi connectivity index (χ2v) is 8.11. The fourth-order valence-corrected chi connectivity index (χ4v) is 4.03. The van der Waals surface area contributed by atoms with Crippen LogP contribution in [0.15, 0.2) is 54.7 Å². The Morgan fingerprint density at radius 3 is 2.88 bits per heavy atom. The van der Waals surface area contributed by atoms with Crippen molar-refractivity contribution in [3.05, 3.63) is 82.3 Å². The van der Waals surface area contributed by atoms with E-state index in [0.717, 1.165) is 10.9 Å². The minimum absolute atomic E-state index is 0.00874. The largest absolute Gasteiger partial charge is 0.492 e. The lowest BCUT2D eigenvalue weighted by atomic mass is 9.96. The summed E-state index contributed by atoms with van der Waals surface area (Å²) in [6.07, 6.45) is 1.36. The maximum Gasteiger partial charge on any atom is 0.255 e. The Labute approximate surface area is 188 Å². The normalized spacial score (nSPS) is 13.6. The second-order valence-electron chi connectivity index (χ2n) is 7.68. The molecule has 0 radical (unpaired) electrons. The third kappa shape index (κ3) is 3.81. The average Bonchev–Trinajstić information content (AvgIpc) is 3.45. The first-order chi connectivity index (χ1) is 15.5. The number of hydrogen-bond acceptors (Lipinski definition) is 4. The van der Waals surface area contributed by atoms with Crippen LogP contribution in [0.3, 0.4) is 0 Å². The molecule has 32 heavy (non-hydrogen) atoms. The maximum absolute atomic E-state index is 14.8. The highest BCUT2D eigenvalue weighted by Crippen LogP contribution is 2.36. The molecule has 8 heteroatoms. The summed E-state index contributed by atoms with van der Waals surface area (Å²) >= 11 is 5.88. The number of ether oxygens (including phenoxy) is 1. The van der Waals surface area contributed by atoms with Gasteiger partial charge in [-0.25, -0.2) is 4.39 Å². The molecule has 0 bridgehead atoms. The average molecular weight is 452 g/mol. The van der Waals surface area contributed by atoms with E-state index in [1.165, 1.54) is 6.07 Å². The smallest absolute Gasteiger partial charge is 0.255 e. The molecular weight excluding hydrogens is 433 g/mol. The zero-order valence-corrected chi connectivity index (χ0v) is 17.6. The third-order valence-corrected chi connectivity index (χ3v) is 5.83. The molecule has 1 aliphatic heterocycles. The van der Waals surface area contributed by atoms with E-state index in [0.29, 0.717) is 51.6 Å². The van der Waals surface area contributed by atoms with Crippen LogP contribution in [0, 0.1) is 5.82 Å². The Kier molecular flexibility index (Phi) is 5.28. The molecule has 0 spiro atoms. The molecule has 1 unspecified atom stereocenters. The molecule has 6 nitrogen and oxygen atoms in total. The maximum atomic E-state index is 14.8. The van der Waals surface area contributed by atoms with E-state index in [1.54, 1.807) is 42.6 Å². The summed E-state index contributed by atoms with van der Waals surface area (Å²) < 4.78 is 20.5. The zero-order valence-electron chi connectivity index (χ0n) is 16.9. The number of halogens is 2. The predicted octanol–water partition coefficient (Wildman–Crippen LogP) is 4.42. The molecule has 1 amide bonds. The lowest BCUT2D eigenvalue weighted by Gasteiger charge is -2.15. The summed E-state index contributed by atoms with van der Waals surface area (Å²) in [6, 6.07) is 13.3. The van der Waals surface area contributed by atoms with Crippen LogP contribution in [0.4, 0.5) is 4.39 Å². The number of aliphatic hydroxyl groups excluding tert-OH is 1. The zero-order chi connectivity index (χ0) is 22.2. The highest BCUT2D eigenvalue weighted by Gasteiger charge is 2.24. The summed E-state index contributed by atoms with van der Waals surface area (Å²) in [4.78, 5) is 13.0. The molecule has 1 aromatic heterocycles. The Bertz CT molecular complexity index is 1320. The Morgan fingerprint density at radius 1 is 1.25 bits per heavy atom. The number of hydrogen-bond donors (Lipinski definition) is 3. The van der Waals surface area contributed by atoms with E-state index in [9.17, 15) is 14.3 Å². The SMILES string of the molecule is O=C(NCC(O)c1ccc(Cl)cc1)c1cc(-c2cc3cn[nH]c3cc2F)cc2c1OCC2. The number of nitrogens with zero attached hydrogens (tertiary/aromatic N) is 1. The van der Waals surface area contributed by atoms with Crippen LogP contribution in [0.25, 0.3) is 22.0 Å². The van der Waals surface area contributed by atoms with E-state index < -0.39 is 17.8 Å². The second kappa shape index (κ2) is 8.26. The van der Waals surface area contributed by atoms with Crippen LogP contribution in [-0.2, 0) is 6.42 Å². The van der Waals surface area contributed by atoms with Gasteiger partial charge in [0, 0.05) is 35.0 Å². The van der Waals surface area contributed by atoms with Crippen molar-refractivity contribution < 1.29 is 19.0 Å². The number of aliphatic hydroxyl groups is 1. The molecule has 1 atom stereocenters. The van der Waals surface area contributed by atoms with Gasteiger partial charge in [0.15, 0.2) is 0 Å². The van der Waals surface area contributed by atoms with Gasteiger partial charge in [0.2, 0.25) is 0 Å². The van der Waals surface area contributed by atoms with Gasteiger partial charge < -0.3 is 15.2 Å². The number of aromatic amines is 1. The van der Waals surface area contributed by atoms with Gasteiger partial charge >= 0.3 is 0 Å². The summed E-state index contributed by atoms with van der Waals surface area (Å²) in [5.74, 6) is -0.315. The number of aromatic nitrogens is 2. The Hall–Kier alpha value is -3.42. The van der Waals surface area contributed by atoms with Crippen LogP contribution in [-0.4, -0.2) is 34.4 Å². The lowest BCUT2D eigenvalue weighted by Crippen LogP contribution is -2.28. The van der Waals surface area contributed by atoms with Crippen LogP contribution in [0.1, 0.15) is 27.6 Å². The molecule has 0 saturated heterocycles. The predicted molar refractivity (Wildman–Crippen MR) is 119 cm³/mol. The standard InChI is InChI=1S/C24H19ClFN3O3/c25-17-3-1-13(2-4-17)22(30)12-27-24(31)19-8-15(7-14-5-6-32-23(14)19)18-9-16-11-28-29-21(16)10-20(18)26/h1-4,7-11,22,30H,5-6,12H2,(H,27,31)(H,28,29).